The summed E-state index contributed by atoms with van der Waals surface area (Å²) in [5.41, 5.74) is 0. The third kappa shape index (κ3) is 12.9. The SMILES string of the molecule is CCCCCCCCCCCCCCCOP(=O)(OCCOCC)Oc1cccc2ccccc12. The largest absolute Gasteiger partial charge is 0.530 e. The molecule has 0 aliphatic rings. The predicted molar refractivity (Wildman–Crippen MR) is 146 cm³/mol. The van der Waals surface area contributed by atoms with Gasteiger partial charge in [0.2, 0.25) is 0 Å². The molecule has 0 spiro atoms. The third-order valence-electron chi connectivity index (χ3n) is 6.14. The standard InChI is InChI=1S/C29H47O5P/c1-3-5-6-7-8-9-10-11-12-13-14-15-18-24-32-35(30,33-26-25-31-4-2)34-29-23-19-21-27-20-16-17-22-28(27)29/h16-17,19-23H,3-15,18,24-26H2,1-2H3. The number of phosphoric ester groups is 1. The molecule has 0 aliphatic carbocycles. The van der Waals surface area contributed by atoms with Crippen LogP contribution in [0.4, 0.5) is 0 Å². The zero-order chi connectivity index (χ0) is 25.0. The Morgan fingerprint density at radius 3 is 1.86 bits per heavy atom. The fraction of sp³-hybridized carbons (Fsp3) is 0.655. The number of unbranched alkanes of at least 4 members (excludes halogenated alkanes) is 12. The Morgan fingerprint density at radius 1 is 0.629 bits per heavy atom. The summed E-state index contributed by atoms with van der Waals surface area (Å²) in [6, 6.07) is 13.5. The van der Waals surface area contributed by atoms with Crippen LogP contribution in [0.15, 0.2) is 42.5 Å². The molecular formula is C29H47O5P. The Bertz CT molecular complexity index is 835. The second kappa shape index (κ2) is 18.8. The molecule has 0 amide bonds. The highest BCUT2D eigenvalue weighted by Crippen LogP contribution is 2.50. The van der Waals surface area contributed by atoms with E-state index in [1.54, 1.807) is 6.07 Å². The summed E-state index contributed by atoms with van der Waals surface area (Å²) >= 11 is 0. The lowest BCUT2D eigenvalue weighted by Crippen LogP contribution is -2.09. The molecule has 0 heterocycles. The number of rotatable bonds is 22. The van der Waals surface area contributed by atoms with E-state index >= 15 is 0 Å². The molecule has 5 nitrogen and oxygen atoms in total. The van der Waals surface area contributed by atoms with Crippen molar-refractivity contribution in [2.75, 3.05) is 26.4 Å². The van der Waals surface area contributed by atoms with Gasteiger partial charge in [-0.05, 0) is 24.8 Å². The van der Waals surface area contributed by atoms with E-state index < -0.39 is 7.82 Å². The maximum atomic E-state index is 13.4. The van der Waals surface area contributed by atoms with Crippen LogP contribution in [0, 0.1) is 0 Å². The second-order valence-electron chi connectivity index (χ2n) is 9.12. The van der Waals surface area contributed by atoms with Crippen LogP contribution in [0.5, 0.6) is 5.75 Å². The molecule has 0 radical (unpaired) electrons. The Labute approximate surface area is 213 Å². The fourth-order valence-electron chi connectivity index (χ4n) is 4.13. The minimum Gasteiger partial charge on any atom is -0.403 e. The van der Waals surface area contributed by atoms with E-state index in [1.165, 1.54) is 70.6 Å². The summed E-state index contributed by atoms with van der Waals surface area (Å²) in [6.45, 7) is 5.63. The molecule has 1 unspecified atom stereocenters. The molecule has 2 rings (SSSR count). The molecular weight excluding hydrogens is 459 g/mol. The van der Waals surface area contributed by atoms with Crippen molar-refractivity contribution in [3.05, 3.63) is 42.5 Å². The Hall–Kier alpha value is -1.39. The van der Waals surface area contributed by atoms with Crippen molar-refractivity contribution in [3.63, 3.8) is 0 Å². The van der Waals surface area contributed by atoms with Gasteiger partial charge in [0.25, 0.3) is 0 Å². The molecule has 0 saturated heterocycles. The first-order valence-corrected chi connectivity index (χ1v) is 15.3. The van der Waals surface area contributed by atoms with Crippen LogP contribution >= 0.6 is 7.82 Å². The van der Waals surface area contributed by atoms with E-state index in [1.807, 2.05) is 43.3 Å². The molecule has 35 heavy (non-hydrogen) atoms. The van der Waals surface area contributed by atoms with E-state index in [4.69, 9.17) is 18.3 Å². The number of hydrogen-bond acceptors (Lipinski definition) is 5. The number of ether oxygens (including phenoxy) is 1. The average molecular weight is 507 g/mol. The van der Waals surface area contributed by atoms with Gasteiger partial charge in [-0.1, -0.05) is 120 Å². The molecule has 1 atom stereocenters. The minimum absolute atomic E-state index is 0.161. The van der Waals surface area contributed by atoms with E-state index in [9.17, 15) is 4.57 Å². The molecule has 198 valence electrons. The summed E-state index contributed by atoms with van der Waals surface area (Å²) < 4.78 is 35.9. The smallest absolute Gasteiger partial charge is 0.403 e. The summed E-state index contributed by atoms with van der Waals surface area (Å²) in [5, 5.41) is 1.90. The van der Waals surface area contributed by atoms with E-state index in [0.717, 1.165) is 23.6 Å². The van der Waals surface area contributed by atoms with Crippen molar-refractivity contribution in [1.82, 2.24) is 0 Å². The van der Waals surface area contributed by atoms with Gasteiger partial charge in [0.1, 0.15) is 5.75 Å². The molecule has 6 heteroatoms. The average Bonchev–Trinajstić information content (AvgIpc) is 2.87. The maximum Gasteiger partial charge on any atom is 0.530 e. The molecule has 0 bridgehead atoms. The van der Waals surface area contributed by atoms with Crippen LogP contribution in [-0.4, -0.2) is 26.4 Å². The first-order chi connectivity index (χ1) is 17.2. The van der Waals surface area contributed by atoms with Gasteiger partial charge in [-0.15, -0.1) is 0 Å². The fourth-order valence-corrected chi connectivity index (χ4v) is 5.37. The lowest BCUT2D eigenvalue weighted by atomic mass is 10.0. The minimum atomic E-state index is -3.75. The number of phosphoric acid groups is 1. The Morgan fingerprint density at radius 2 is 1.20 bits per heavy atom. The molecule has 2 aromatic rings. The van der Waals surface area contributed by atoms with Gasteiger partial charge < -0.3 is 9.26 Å². The van der Waals surface area contributed by atoms with Crippen molar-refractivity contribution < 1.29 is 22.9 Å². The quantitative estimate of drug-likeness (QED) is 0.118. The predicted octanol–water partition coefficient (Wildman–Crippen LogP) is 9.49. The zero-order valence-corrected chi connectivity index (χ0v) is 22.9. The van der Waals surface area contributed by atoms with Crippen LogP contribution in [-0.2, 0) is 18.3 Å². The van der Waals surface area contributed by atoms with Crippen molar-refractivity contribution in [2.45, 2.75) is 97.3 Å². The first kappa shape index (κ1) is 29.8. The van der Waals surface area contributed by atoms with Crippen molar-refractivity contribution in [2.24, 2.45) is 0 Å². The van der Waals surface area contributed by atoms with Crippen molar-refractivity contribution in [1.29, 1.82) is 0 Å². The normalized spacial score (nSPS) is 13.2. The van der Waals surface area contributed by atoms with Crippen LogP contribution in [0.1, 0.15) is 97.3 Å². The summed E-state index contributed by atoms with van der Waals surface area (Å²) in [6.07, 6.45) is 16.6. The highest BCUT2D eigenvalue weighted by molar-refractivity contribution is 7.48. The van der Waals surface area contributed by atoms with Crippen LogP contribution in [0.3, 0.4) is 0 Å². The van der Waals surface area contributed by atoms with Gasteiger partial charge in [0.05, 0.1) is 19.8 Å². The molecule has 0 fully saturated rings. The van der Waals surface area contributed by atoms with Crippen LogP contribution in [0.25, 0.3) is 10.8 Å². The van der Waals surface area contributed by atoms with Gasteiger partial charge in [0, 0.05) is 12.0 Å². The molecule has 0 saturated carbocycles. The Balaban J connectivity index is 1.68. The van der Waals surface area contributed by atoms with Gasteiger partial charge in [-0.2, -0.15) is 0 Å². The zero-order valence-electron chi connectivity index (χ0n) is 22.1. The van der Waals surface area contributed by atoms with Gasteiger partial charge in [-0.25, -0.2) is 4.57 Å². The van der Waals surface area contributed by atoms with Crippen LogP contribution < -0.4 is 4.52 Å². The van der Waals surface area contributed by atoms with Crippen molar-refractivity contribution in [3.8, 4) is 5.75 Å². The molecule has 0 aliphatic heterocycles. The van der Waals surface area contributed by atoms with E-state index in [-0.39, 0.29) is 6.61 Å². The summed E-state index contributed by atoms with van der Waals surface area (Å²) in [7, 11) is -3.75. The summed E-state index contributed by atoms with van der Waals surface area (Å²) in [5.74, 6) is 0.508. The molecule has 0 N–H and O–H groups in total. The van der Waals surface area contributed by atoms with Gasteiger partial charge in [-0.3, -0.25) is 9.05 Å². The van der Waals surface area contributed by atoms with Gasteiger partial charge in [0.15, 0.2) is 0 Å². The lowest BCUT2D eigenvalue weighted by molar-refractivity contribution is 0.0847. The van der Waals surface area contributed by atoms with Gasteiger partial charge >= 0.3 is 7.82 Å². The van der Waals surface area contributed by atoms with Crippen molar-refractivity contribution >= 4 is 18.6 Å². The highest BCUT2D eigenvalue weighted by atomic mass is 31.2. The number of benzene rings is 2. The monoisotopic (exact) mass is 506 g/mol. The van der Waals surface area contributed by atoms with E-state index in [2.05, 4.69) is 6.92 Å². The highest BCUT2D eigenvalue weighted by Gasteiger charge is 2.29. The summed E-state index contributed by atoms with van der Waals surface area (Å²) in [4.78, 5) is 0. The molecule has 0 aromatic heterocycles. The maximum absolute atomic E-state index is 13.4. The lowest BCUT2D eigenvalue weighted by Gasteiger charge is -2.19. The topological polar surface area (TPSA) is 54.0 Å². The number of hydrogen-bond donors (Lipinski definition) is 0. The Kier molecular flexibility index (Phi) is 16.0. The van der Waals surface area contributed by atoms with E-state index in [0.29, 0.717) is 25.6 Å². The second-order valence-corrected chi connectivity index (χ2v) is 10.7. The third-order valence-corrected chi connectivity index (χ3v) is 7.56. The number of fused-ring (bicyclic) bond motifs is 1. The molecule has 2 aromatic carbocycles. The van der Waals surface area contributed by atoms with Crippen LogP contribution in [0.2, 0.25) is 0 Å². The first-order valence-electron chi connectivity index (χ1n) is 13.8.